The van der Waals surface area contributed by atoms with E-state index < -0.39 is 11.9 Å². The van der Waals surface area contributed by atoms with Gasteiger partial charge in [-0.15, -0.1) is 22.7 Å². The Labute approximate surface area is 297 Å². The van der Waals surface area contributed by atoms with Gasteiger partial charge in [-0.05, 0) is 55.8 Å². The minimum absolute atomic E-state index is 0.174. The number of hydrogen-bond acceptors (Lipinski definition) is 7. The molecule has 0 bridgehead atoms. The number of aromatic amines is 2. The minimum Gasteiger partial charge on any atom is -0.478 e. The number of carboxylic acids is 1. The molecule has 0 amide bonds. The van der Waals surface area contributed by atoms with Crippen LogP contribution in [0.25, 0.3) is 32.8 Å². The van der Waals surface area contributed by atoms with Crippen molar-refractivity contribution >= 4 is 60.5 Å². The Hall–Kier alpha value is -4.63. The number of nitrogens with one attached hydrogen (secondary N) is 2. The summed E-state index contributed by atoms with van der Waals surface area (Å²) in [6.07, 6.45) is 0. The van der Waals surface area contributed by atoms with Gasteiger partial charge in [0, 0.05) is 48.1 Å². The van der Waals surface area contributed by atoms with E-state index in [2.05, 4.69) is 47.0 Å². The van der Waals surface area contributed by atoms with Crippen molar-refractivity contribution in [3.63, 3.8) is 0 Å². The molecular formula is C34H24Br2N6O4S2. The zero-order valence-corrected chi connectivity index (χ0v) is 30.0. The second kappa shape index (κ2) is 12.8. The third-order valence-electron chi connectivity index (χ3n) is 7.95. The highest BCUT2D eigenvalue weighted by Gasteiger charge is 2.31. The molecule has 14 heteroatoms. The highest BCUT2D eigenvalue weighted by Crippen LogP contribution is 2.34. The van der Waals surface area contributed by atoms with Crippen molar-refractivity contribution in [1.82, 2.24) is 29.5 Å². The third kappa shape index (κ3) is 5.85. The molecule has 0 aliphatic rings. The zero-order chi connectivity index (χ0) is 33.7. The second-order valence-electron chi connectivity index (χ2n) is 11.0. The van der Waals surface area contributed by atoms with Crippen molar-refractivity contribution in [2.24, 2.45) is 0 Å². The van der Waals surface area contributed by atoms with Crippen LogP contribution in [0.15, 0.2) is 102 Å². The highest BCUT2D eigenvalue weighted by atomic mass is 79.9. The number of carboxylic acid groups (broad SMARTS) is 1. The van der Waals surface area contributed by atoms with Crippen LogP contribution in [0, 0.1) is 13.8 Å². The van der Waals surface area contributed by atoms with Crippen LogP contribution in [0.5, 0.6) is 0 Å². The lowest BCUT2D eigenvalue weighted by Gasteiger charge is -2.16. The maximum Gasteiger partial charge on any atom is 0.335 e. The first-order valence-electron chi connectivity index (χ1n) is 14.5. The van der Waals surface area contributed by atoms with Gasteiger partial charge in [0.05, 0.1) is 28.1 Å². The number of rotatable bonds is 8. The molecule has 3 aromatic carbocycles. The Kier molecular flexibility index (Phi) is 8.50. The number of aryl methyl sites for hydroxylation is 2. The van der Waals surface area contributed by atoms with Crippen molar-refractivity contribution in [3.05, 3.63) is 147 Å². The molecule has 0 fully saturated rings. The highest BCUT2D eigenvalue weighted by molar-refractivity contribution is 9.10. The molecule has 0 saturated heterocycles. The van der Waals surface area contributed by atoms with Gasteiger partial charge < -0.3 is 5.11 Å². The molecule has 10 nitrogen and oxygen atoms in total. The topological polar surface area (TPSA) is 139 Å². The first kappa shape index (κ1) is 31.9. The van der Waals surface area contributed by atoms with E-state index in [-0.39, 0.29) is 16.7 Å². The molecule has 1 atom stereocenters. The predicted octanol–water partition coefficient (Wildman–Crippen LogP) is 7.91. The first-order chi connectivity index (χ1) is 23.1. The number of aromatic carboxylic acids is 1. The number of carbonyl (C=O) groups is 1. The fourth-order valence-corrected chi connectivity index (χ4v) is 7.72. The molecule has 0 aliphatic heterocycles. The third-order valence-corrected chi connectivity index (χ3v) is 10.7. The molecule has 0 saturated carbocycles. The number of hydrogen-bond donors (Lipinski definition) is 3. The Morgan fingerprint density at radius 1 is 0.708 bits per heavy atom. The van der Waals surface area contributed by atoms with Gasteiger partial charge in [0.15, 0.2) is 0 Å². The standard InChI is InChI=1S/C34H24Br2N6O4S2/c1-17-27(30(43)41(39-17)33-37-25(15-47-33)19-3-5-22(6-4-19)32(45)46)29(21-9-13-24(36)14-10-21)28-18(2)40-42(31(28)44)34-38-26(16-48-34)20-7-11-23(35)12-8-20/h3-16,29,39-40H,1-2H3,(H,45,46). The van der Waals surface area contributed by atoms with E-state index in [9.17, 15) is 19.5 Å². The monoisotopic (exact) mass is 802 g/mol. The summed E-state index contributed by atoms with van der Waals surface area (Å²) < 4.78 is 4.66. The van der Waals surface area contributed by atoms with Crippen molar-refractivity contribution in [1.29, 1.82) is 0 Å². The average Bonchev–Trinajstić information content (AvgIpc) is 3.87. The Bertz CT molecular complexity index is 2420. The van der Waals surface area contributed by atoms with Gasteiger partial charge in [-0.3, -0.25) is 19.8 Å². The number of H-pyrrole nitrogens is 2. The molecule has 0 aliphatic carbocycles. The van der Waals surface area contributed by atoms with E-state index in [1.165, 1.54) is 44.2 Å². The van der Waals surface area contributed by atoms with Gasteiger partial charge in [0.2, 0.25) is 10.3 Å². The second-order valence-corrected chi connectivity index (χ2v) is 14.5. The SMILES string of the molecule is Cc1[nH]n(-c2nc(-c3ccc(Br)cc3)cs2)c(=O)c1C(c1ccc(Br)cc1)c1c(C)[nH]n(-c2nc(-c3ccc(C(=O)O)cc3)cs2)c1=O. The summed E-state index contributed by atoms with van der Waals surface area (Å²) in [4.78, 5) is 49.3. The van der Waals surface area contributed by atoms with Crippen molar-refractivity contribution in [2.45, 2.75) is 19.8 Å². The zero-order valence-electron chi connectivity index (χ0n) is 25.2. The Morgan fingerprint density at radius 2 is 1.12 bits per heavy atom. The number of aromatic nitrogens is 6. The normalized spacial score (nSPS) is 12.0. The van der Waals surface area contributed by atoms with Crippen LogP contribution in [-0.2, 0) is 0 Å². The van der Waals surface area contributed by atoms with E-state index in [4.69, 9.17) is 4.98 Å². The van der Waals surface area contributed by atoms with Crippen LogP contribution in [-0.4, -0.2) is 40.6 Å². The smallest absolute Gasteiger partial charge is 0.335 e. The molecule has 4 aromatic heterocycles. The summed E-state index contributed by atoms with van der Waals surface area (Å²) in [5.41, 5.74) is 5.36. The first-order valence-corrected chi connectivity index (χ1v) is 17.8. The average molecular weight is 805 g/mol. The summed E-state index contributed by atoms with van der Waals surface area (Å²) in [5, 5.41) is 20.3. The van der Waals surface area contributed by atoms with Crippen LogP contribution in [0.3, 0.4) is 0 Å². The van der Waals surface area contributed by atoms with Gasteiger partial charge in [-0.25, -0.2) is 14.8 Å². The molecule has 0 radical (unpaired) electrons. The molecule has 4 heterocycles. The molecule has 7 aromatic rings. The fraction of sp³-hybridized carbons (Fsp3) is 0.0882. The molecular weight excluding hydrogens is 780 g/mol. The van der Waals surface area contributed by atoms with Gasteiger partial charge in [-0.1, -0.05) is 68.3 Å². The fourth-order valence-electron chi connectivity index (χ4n) is 5.60. The van der Waals surface area contributed by atoms with Crippen LogP contribution < -0.4 is 11.1 Å². The van der Waals surface area contributed by atoms with Gasteiger partial charge in [-0.2, -0.15) is 9.36 Å². The summed E-state index contributed by atoms with van der Waals surface area (Å²) in [5.74, 6) is -1.72. The molecule has 3 N–H and O–H groups in total. The summed E-state index contributed by atoms with van der Waals surface area (Å²) in [6.45, 7) is 3.63. The lowest BCUT2D eigenvalue weighted by Crippen LogP contribution is -2.25. The number of nitrogens with zero attached hydrogens (tertiary/aromatic N) is 4. The predicted molar refractivity (Wildman–Crippen MR) is 194 cm³/mol. The van der Waals surface area contributed by atoms with E-state index in [0.29, 0.717) is 38.5 Å². The van der Waals surface area contributed by atoms with Crippen LogP contribution in [0.4, 0.5) is 0 Å². The van der Waals surface area contributed by atoms with E-state index >= 15 is 0 Å². The summed E-state index contributed by atoms with van der Waals surface area (Å²) in [7, 11) is 0. The molecule has 48 heavy (non-hydrogen) atoms. The summed E-state index contributed by atoms with van der Waals surface area (Å²) in [6, 6.07) is 21.8. The van der Waals surface area contributed by atoms with Crippen molar-refractivity contribution in [2.75, 3.05) is 0 Å². The van der Waals surface area contributed by atoms with Crippen LogP contribution in [0.1, 0.15) is 44.4 Å². The number of thiazole rings is 2. The number of benzene rings is 3. The van der Waals surface area contributed by atoms with E-state index in [1.807, 2.05) is 73.1 Å². The van der Waals surface area contributed by atoms with Gasteiger partial charge in [0.1, 0.15) is 0 Å². The Balaban J connectivity index is 1.32. The molecule has 240 valence electrons. The molecule has 1 unspecified atom stereocenters. The van der Waals surface area contributed by atoms with Crippen molar-refractivity contribution in [3.8, 4) is 32.8 Å². The largest absolute Gasteiger partial charge is 0.478 e. The lowest BCUT2D eigenvalue weighted by atomic mass is 9.85. The number of halogens is 2. The maximum absolute atomic E-state index is 14.3. The van der Waals surface area contributed by atoms with Crippen LogP contribution >= 0.6 is 54.5 Å². The Morgan fingerprint density at radius 3 is 1.56 bits per heavy atom. The molecule has 0 spiro atoms. The van der Waals surface area contributed by atoms with Gasteiger partial charge >= 0.3 is 5.97 Å². The summed E-state index contributed by atoms with van der Waals surface area (Å²) >= 11 is 9.59. The quantitative estimate of drug-likeness (QED) is 0.143. The van der Waals surface area contributed by atoms with E-state index in [1.54, 1.807) is 12.1 Å². The lowest BCUT2D eigenvalue weighted by molar-refractivity contribution is 0.0697. The van der Waals surface area contributed by atoms with E-state index in [0.717, 1.165) is 31.3 Å². The van der Waals surface area contributed by atoms with Crippen molar-refractivity contribution < 1.29 is 9.90 Å². The maximum atomic E-state index is 14.3. The molecule has 7 rings (SSSR count). The minimum atomic E-state index is -1.01. The van der Waals surface area contributed by atoms with Gasteiger partial charge in [0.25, 0.3) is 11.1 Å². The van der Waals surface area contributed by atoms with Crippen LogP contribution in [0.2, 0.25) is 0 Å².